The molecular formula is C15H19BrFNO3S. The minimum atomic E-state index is -0.534. The second kappa shape index (κ2) is 9.15. The molecule has 1 aromatic rings. The lowest BCUT2D eigenvalue weighted by Crippen LogP contribution is -2.20. The van der Waals surface area contributed by atoms with Crippen molar-refractivity contribution < 1.29 is 18.7 Å². The molecule has 4 nitrogen and oxygen atoms in total. The molecule has 0 aliphatic carbocycles. The standard InChI is InChI=1S/C15H19BrFNO3S/c1-4-6-21-15(20)13(5-2)22-14-8-12(18-9(3)19)11(17)7-10(14)16/h7-8,13H,4-6H2,1-3H3,(H,18,19). The minimum absolute atomic E-state index is 0.0926. The van der Waals surface area contributed by atoms with Crippen LogP contribution in [0.4, 0.5) is 10.1 Å². The van der Waals surface area contributed by atoms with Crippen molar-refractivity contribution in [2.45, 2.75) is 43.8 Å². The van der Waals surface area contributed by atoms with E-state index in [-0.39, 0.29) is 22.8 Å². The van der Waals surface area contributed by atoms with Gasteiger partial charge in [0.2, 0.25) is 5.91 Å². The second-order valence-electron chi connectivity index (χ2n) is 4.63. The molecule has 1 rings (SSSR count). The number of amides is 1. The quantitative estimate of drug-likeness (QED) is 0.553. The summed E-state index contributed by atoms with van der Waals surface area (Å²) >= 11 is 4.57. The number of benzene rings is 1. The molecule has 0 spiro atoms. The highest BCUT2D eigenvalue weighted by molar-refractivity contribution is 9.10. The molecule has 7 heteroatoms. The molecular weight excluding hydrogens is 373 g/mol. The van der Waals surface area contributed by atoms with E-state index in [0.717, 1.165) is 6.42 Å². The molecule has 1 unspecified atom stereocenters. The first-order valence-corrected chi connectivity index (χ1v) is 8.66. The van der Waals surface area contributed by atoms with Gasteiger partial charge in [0.15, 0.2) is 0 Å². The predicted molar refractivity (Wildman–Crippen MR) is 89.6 cm³/mol. The minimum Gasteiger partial charge on any atom is -0.465 e. The van der Waals surface area contributed by atoms with Gasteiger partial charge in [-0.1, -0.05) is 13.8 Å². The Kier molecular flexibility index (Phi) is 7.89. The van der Waals surface area contributed by atoms with E-state index in [1.54, 1.807) is 0 Å². The van der Waals surface area contributed by atoms with E-state index in [1.807, 2.05) is 13.8 Å². The average molecular weight is 392 g/mol. The fourth-order valence-electron chi connectivity index (χ4n) is 1.65. The zero-order valence-corrected chi connectivity index (χ0v) is 15.1. The number of thioether (sulfide) groups is 1. The number of nitrogens with one attached hydrogen (secondary N) is 1. The van der Waals surface area contributed by atoms with E-state index < -0.39 is 5.82 Å². The van der Waals surface area contributed by atoms with Crippen LogP contribution in [0.5, 0.6) is 0 Å². The highest BCUT2D eigenvalue weighted by Gasteiger charge is 2.21. The van der Waals surface area contributed by atoms with Gasteiger partial charge in [-0.05, 0) is 40.9 Å². The van der Waals surface area contributed by atoms with Gasteiger partial charge in [-0.3, -0.25) is 9.59 Å². The largest absolute Gasteiger partial charge is 0.465 e. The lowest BCUT2D eigenvalue weighted by Gasteiger charge is -2.16. The highest BCUT2D eigenvalue weighted by atomic mass is 79.9. The van der Waals surface area contributed by atoms with Crippen molar-refractivity contribution >= 4 is 45.3 Å². The van der Waals surface area contributed by atoms with Crippen LogP contribution in [0.2, 0.25) is 0 Å². The van der Waals surface area contributed by atoms with Crippen molar-refractivity contribution in [1.82, 2.24) is 0 Å². The molecule has 0 bridgehead atoms. The van der Waals surface area contributed by atoms with Crippen LogP contribution < -0.4 is 5.32 Å². The first-order chi connectivity index (χ1) is 10.4. The Morgan fingerprint density at radius 3 is 2.64 bits per heavy atom. The van der Waals surface area contributed by atoms with Crippen molar-refractivity contribution in [1.29, 1.82) is 0 Å². The van der Waals surface area contributed by atoms with Crippen LogP contribution in [0, 0.1) is 5.82 Å². The molecule has 1 atom stereocenters. The van der Waals surface area contributed by atoms with Gasteiger partial charge in [0.1, 0.15) is 11.1 Å². The van der Waals surface area contributed by atoms with Crippen molar-refractivity contribution in [2.75, 3.05) is 11.9 Å². The van der Waals surface area contributed by atoms with E-state index in [1.165, 1.54) is 30.8 Å². The Labute approximate surface area is 142 Å². The Balaban J connectivity index is 2.94. The third-order valence-corrected chi connectivity index (χ3v) is 5.00. The Hall–Kier alpha value is -1.08. The zero-order chi connectivity index (χ0) is 16.7. The molecule has 0 aliphatic heterocycles. The molecule has 0 aromatic heterocycles. The van der Waals surface area contributed by atoms with Gasteiger partial charge in [0.05, 0.1) is 12.3 Å². The number of hydrogen-bond donors (Lipinski definition) is 1. The number of carbonyl (C=O) groups excluding carboxylic acids is 2. The van der Waals surface area contributed by atoms with Crippen LogP contribution >= 0.6 is 27.7 Å². The highest BCUT2D eigenvalue weighted by Crippen LogP contribution is 2.36. The molecule has 0 fully saturated rings. The van der Waals surface area contributed by atoms with Crippen molar-refractivity contribution in [3.8, 4) is 0 Å². The number of esters is 1. The summed E-state index contributed by atoms with van der Waals surface area (Å²) in [4.78, 5) is 23.7. The van der Waals surface area contributed by atoms with Gasteiger partial charge < -0.3 is 10.1 Å². The first-order valence-electron chi connectivity index (χ1n) is 6.98. The van der Waals surface area contributed by atoms with Crippen molar-refractivity contribution in [3.63, 3.8) is 0 Å². The summed E-state index contributed by atoms with van der Waals surface area (Å²) in [5.41, 5.74) is 0.0926. The summed E-state index contributed by atoms with van der Waals surface area (Å²) in [7, 11) is 0. The molecule has 1 N–H and O–H groups in total. The van der Waals surface area contributed by atoms with Gasteiger partial charge in [-0.25, -0.2) is 4.39 Å². The zero-order valence-electron chi connectivity index (χ0n) is 12.7. The second-order valence-corrected chi connectivity index (χ2v) is 6.72. The van der Waals surface area contributed by atoms with Crippen molar-refractivity contribution in [2.24, 2.45) is 0 Å². The fourth-order valence-corrected chi connectivity index (χ4v) is 3.24. The number of halogens is 2. The maximum atomic E-state index is 13.8. The predicted octanol–water partition coefficient (Wildman–Crippen LogP) is 4.37. The molecule has 0 heterocycles. The molecule has 22 heavy (non-hydrogen) atoms. The van der Waals surface area contributed by atoms with Crippen LogP contribution in [-0.2, 0) is 14.3 Å². The maximum Gasteiger partial charge on any atom is 0.319 e. The monoisotopic (exact) mass is 391 g/mol. The number of hydrogen-bond acceptors (Lipinski definition) is 4. The summed E-state index contributed by atoms with van der Waals surface area (Å²) in [6, 6.07) is 2.79. The molecule has 1 amide bonds. The van der Waals surface area contributed by atoms with Gasteiger partial charge in [-0.2, -0.15) is 0 Å². The summed E-state index contributed by atoms with van der Waals surface area (Å²) in [6.07, 6.45) is 1.35. The average Bonchev–Trinajstić information content (AvgIpc) is 2.45. The van der Waals surface area contributed by atoms with Crippen LogP contribution in [0.25, 0.3) is 0 Å². The molecule has 0 saturated carbocycles. The SMILES string of the molecule is CCCOC(=O)C(CC)Sc1cc(NC(C)=O)c(F)cc1Br. The maximum absolute atomic E-state index is 13.8. The Bertz CT molecular complexity index is 554. The lowest BCUT2D eigenvalue weighted by atomic mass is 10.3. The third-order valence-electron chi connectivity index (χ3n) is 2.68. The Morgan fingerprint density at radius 1 is 1.41 bits per heavy atom. The van der Waals surface area contributed by atoms with Gasteiger partial charge in [0, 0.05) is 16.3 Å². The third kappa shape index (κ3) is 5.61. The number of anilines is 1. The first kappa shape index (κ1) is 19.0. The van der Waals surface area contributed by atoms with Crippen LogP contribution in [0.15, 0.2) is 21.5 Å². The van der Waals surface area contributed by atoms with E-state index in [9.17, 15) is 14.0 Å². The van der Waals surface area contributed by atoms with E-state index in [2.05, 4.69) is 21.2 Å². The van der Waals surface area contributed by atoms with Crippen molar-refractivity contribution in [3.05, 3.63) is 22.4 Å². The smallest absolute Gasteiger partial charge is 0.319 e. The lowest BCUT2D eigenvalue weighted by molar-refractivity contribution is -0.143. The molecule has 1 aromatic carbocycles. The summed E-state index contributed by atoms with van der Waals surface area (Å²) in [5.74, 6) is -1.17. The number of carbonyl (C=O) groups is 2. The summed E-state index contributed by atoms with van der Waals surface area (Å²) in [5, 5.41) is 2.05. The van der Waals surface area contributed by atoms with Gasteiger partial charge in [-0.15, -0.1) is 11.8 Å². The van der Waals surface area contributed by atoms with Gasteiger partial charge in [0.25, 0.3) is 0 Å². The fraction of sp³-hybridized carbons (Fsp3) is 0.467. The van der Waals surface area contributed by atoms with E-state index in [4.69, 9.17) is 4.74 Å². The topological polar surface area (TPSA) is 55.4 Å². The van der Waals surface area contributed by atoms with Crippen LogP contribution in [-0.4, -0.2) is 23.7 Å². The van der Waals surface area contributed by atoms with Gasteiger partial charge >= 0.3 is 5.97 Å². The summed E-state index contributed by atoms with van der Waals surface area (Å²) in [6.45, 7) is 5.51. The number of rotatable bonds is 7. The molecule has 122 valence electrons. The molecule has 0 saturated heterocycles. The van der Waals surface area contributed by atoms with Crippen LogP contribution in [0.3, 0.4) is 0 Å². The molecule has 0 aliphatic rings. The van der Waals surface area contributed by atoms with E-state index in [0.29, 0.717) is 22.4 Å². The van der Waals surface area contributed by atoms with Crippen LogP contribution in [0.1, 0.15) is 33.6 Å². The number of ether oxygens (including phenoxy) is 1. The molecule has 0 radical (unpaired) electrons. The normalized spacial score (nSPS) is 11.9. The summed E-state index contributed by atoms with van der Waals surface area (Å²) < 4.78 is 19.5. The van der Waals surface area contributed by atoms with E-state index >= 15 is 0 Å². The Morgan fingerprint density at radius 2 is 2.09 bits per heavy atom.